The first kappa shape index (κ1) is 24.6. The number of rotatable bonds is 9. The fraction of sp³-hybridized carbons (Fsp3) is 0.208. The van der Waals surface area contributed by atoms with Crippen LogP contribution in [0.4, 0.5) is 5.82 Å². The molecule has 2 heterocycles. The number of ether oxygens (including phenoxy) is 2. The maximum Gasteiger partial charge on any atom is 0.298 e. The van der Waals surface area contributed by atoms with Crippen LogP contribution in [0.3, 0.4) is 0 Å². The molecule has 0 unspecified atom stereocenters. The number of benzene rings is 2. The van der Waals surface area contributed by atoms with Crippen LogP contribution in [0.2, 0.25) is 0 Å². The van der Waals surface area contributed by atoms with Crippen LogP contribution in [0.15, 0.2) is 58.2 Å². The fourth-order valence-corrected chi connectivity index (χ4v) is 4.83. The van der Waals surface area contributed by atoms with Gasteiger partial charge in [-0.25, -0.2) is 8.42 Å². The van der Waals surface area contributed by atoms with Gasteiger partial charge in [-0.05, 0) is 35.7 Å². The Hall–Kier alpha value is -4.50. The number of nitrogens with one attached hydrogen (secondary N) is 1. The molecule has 0 fully saturated rings. The van der Waals surface area contributed by atoms with Crippen LogP contribution in [0, 0.1) is 12.3 Å². The van der Waals surface area contributed by atoms with Crippen molar-refractivity contribution in [1.82, 2.24) is 19.8 Å². The zero-order valence-electron chi connectivity index (χ0n) is 19.8. The van der Waals surface area contributed by atoms with Crippen molar-refractivity contribution < 1.29 is 27.2 Å². The van der Waals surface area contributed by atoms with Crippen LogP contribution in [0.5, 0.6) is 11.5 Å². The maximum absolute atomic E-state index is 13.0. The lowest BCUT2D eigenvalue weighted by atomic mass is 10.1. The molecule has 1 N–H and O–H groups in total. The SMILES string of the molecule is C#CC(=O)N(C)Cc1cnn(Cc2cc(OC)c3c(NS(=O)(=O)c4ccccc4OC)noc3c2)c1. The first-order valence-electron chi connectivity index (χ1n) is 10.6. The number of sulfonamides is 1. The second kappa shape index (κ2) is 10.0. The second-order valence-electron chi connectivity index (χ2n) is 7.81. The van der Waals surface area contributed by atoms with Crippen LogP contribution in [0.25, 0.3) is 11.0 Å². The number of anilines is 1. The molecule has 11 nitrogen and oxygen atoms in total. The van der Waals surface area contributed by atoms with Crippen LogP contribution in [-0.2, 0) is 27.9 Å². The van der Waals surface area contributed by atoms with Crippen molar-refractivity contribution in [3.05, 3.63) is 59.9 Å². The number of carbonyl (C=O) groups is 1. The molecule has 0 saturated heterocycles. The summed E-state index contributed by atoms with van der Waals surface area (Å²) >= 11 is 0. The highest BCUT2D eigenvalue weighted by Gasteiger charge is 2.24. The van der Waals surface area contributed by atoms with Crippen molar-refractivity contribution in [2.24, 2.45) is 0 Å². The van der Waals surface area contributed by atoms with Gasteiger partial charge in [0.15, 0.2) is 11.4 Å². The molecule has 0 spiro atoms. The zero-order valence-corrected chi connectivity index (χ0v) is 20.6. The predicted octanol–water partition coefficient (Wildman–Crippen LogP) is 2.48. The smallest absolute Gasteiger partial charge is 0.298 e. The molecular formula is C24H23N5O6S. The third-order valence-corrected chi connectivity index (χ3v) is 6.71. The number of aromatic nitrogens is 3. The van der Waals surface area contributed by atoms with Crippen LogP contribution in [0.1, 0.15) is 11.1 Å². The van der Waals surface area contributed by atoms with E-state index >= 15 is 0 Å². The highest BCUT2D eigenvalue weighted by Crippen LogP contribution is 2.35. The van der Waals surface area contributed by atoms with Gasteiger partial charge in [-0.3, -0.25) is 14.2 Å². The molecular weight excluding hydrogens is 486 g/mol. The van der Waals surface area contributed by atoms with Crippen molar-refractivity contribution in [2.45, 2.75) is 18.0 Å². The molecule has 36 heavy (non-hydrogen) atoms. The third kappa shape index (κ3) is 4.96. The Labute approximate surface area is 207 Å². The van der Waals surface area contributed by atoms with E-state index < -0.39 is 15.9 Å². The summed E-state index contributed by atoms with van der Waals surface area (Å²) in [6, 6.07) is 9.71. The highest BCUT2D eigenvalue weighted by molar-refractivity contribution is 7.92. The van der Waals surface area contributed by atoms with Gasteiger partial charge in [0.25, 0.3) is 15.9 Å². The summed E-state index contributed by atoms with van der Waals surface area (Å²) in [6.07, 6.45) is 8.60. The van der Waals surface area contributed by atoms with E-state index in [2.05, 4.69) is 20.9 Å². The monoisotopic (exact) mass is 509 g/mol. The molecule has 0 bridgehead atoms. The molecule has 0 aliphatic heterocycles. The lowest BCUT2D eigenvalue weighted by molar-refractivity contribution is -0.124. The number of hydrogen-bond acceptors (Lipinski definition) is 8. The summed E-state index contributed by atoms with van der Waals surface area (Å²) in [5.74, 6) is 2.21. The molecule has 2 aromatic heterocycles. The minimum atomic E-state index is -4.02. The predicted molar refractivity (Wildman–Crippen MR) is 131 cm³/mol. The van der Waals surface area contributed by atoms with E-state index in [9.17, 15) is 13.2 Å². The van der Waals surface area contributed by atoms with E-state index in [1.807, 2.05) is 0 Å². The Bertz CT molecular complexity index is 1570. The Kier molecular flexibility index (Phi) is 6.84. The van der Waals surface area contributed by atoms with Crippen molar-refractivity contribution in [3.63, 3.8) is 0 Å². The number of carbonyl (C=O) groups excluding carboxylic acids is 1. The number of para-hydroxylation sites is 1. The summed E-state index contributed by atoms with van der Waals surface area (Å²) < 4.78 is 46.3. The molecule has 4 rings (SSSR count). The third-order valence-electron chi connectivity index (χ3n) is 5.33. The average Bonchev–Trinajstić information content (AvgIpc) is 3.49. The number of terminal acetylenes is 1. The molecule has 0 radical (unpaired) electrons. The van der Waals surface area contributed by atoms with E-state index in [4.69, 9.17) is 20.4 Å². The van der Waals surface area contributed by atoms with Gasteiger partial charge in [0.05, 0.1) is 27.0 Å². The summed E-state index contributed by atoms with van der Waals surface area (Å²) in [5, 5.41) is 8.61. The van der Waals surface area contributed by atoms with Crippen LogP contribution >= 0.6 is 0 Å². The molecule has 12 heteroatoms. The van der Waals surface area contributed by atoms with Gasteiger partial charge in [0.2, 0.25) is 0 Å². The topological polar surface area (TPSA) is 129 Å². The largest absolute Gasteiger partial charge is 0.496 e. The molecule has 1 amide bonds. The van der Waals surface area contributed by atoms with Crippen LogP contribution < -0.4 is 14.2 Å². The molecule has 0 aliphatic carbocycles. The van der Waals surface area contributed by atoms with E-state index in [-0.39, 0.29) is 16.5 Å². The standard InChI is InChI=1S/C24H23N5O6S/c1-5-22(30)28(2)13-17-12-25-29(15-17)14-16-10-19(34-4)23-20(11-16)35-26-24(23)27-36(31,32)21-9-7-6-8-18(21)33-3/h1,6-12,15H,13-14H2,2-4H3,(H,26,27). The van der Waals surface area contributed by atoms with Gasteiger partial charge in [-0.2, -0.15) is 5.10 Å². The molecule has 186 valence electrons. The Morgan fingerprint density at radius 3 is 2.67 bits per heavy atom. The summed E-state index contributed by atoms with van der Waals surface area (Å²) in [5.41, 5.74) is 1.91. The van der Waals surface area contributed by atoms with Crippen molar-refractivity contribution in [1.29, 1.82) is 0 Å². The Balaban J connectivity index is 1.60. The number of amides is 1. The molecule has 2 aromatic carbocycles. The van der Waals surface area contributed by atoms with Crippen molar-refractivity contribution in [2.75, 3.05) is 26.0 Å². The number of methoxy groups -OCH3 is 2. The van der Waals surface area contributed by atoms with Gasteiger partial charge in [-0.15, -0.1) is 6.42 Å². The van der Waals surface area contributed by atoms with Gasteiger partial charge in [0.1, 0.15) is 21.8 Å². The quantitative estimate of drug-likeness (QED) is 0.341. The maximum atomic E-state index is 13.0. The Morgan fingerprint density at radius 1 is 1.19 bits per heavy atom. The summed E-state index contributed by atoms with van der Waals surface area (Å²) in [7, 11) is 0.447. The first-order chi connectivity index (χ1) is 17.2. The number of hydrogen-bond donors (Lipinski definition) is 1. The first-order valence-corrected chi connectivity index (χ1v) is 12.1. The van der Waals surface area contributed by atoms with Gasteiger partial charge >= 0.3 is 0 Å². The number of nitrogens with zero attached hydrogens (tertiary/aromatic N) is 4. The lowest BCUT2D eigenvalue weighted by Crippen LogP contribution is -2.24. The zero-order chi connectivity index (χ0) is 25.9. The normalized spacial score (nSPS) is 11.2. The molecule has 4 aromatic rings. The van der Waals surface area contributed by atoms with Crippen LogP contribution in [-0.4, -0.2) is 55.4 Å². The second-order valence-corrected chi connectivity index (χ2v) is 9.46. The van der Waals surface area contributed by atoms with E-state index in [0.29, 0.717) is 29.8 Å². The molecule has 0 aliphatic rings. The minimum absolute atomic E-state index is 0.0121. The van der Waals surface area contributed by atoms with E-state index in [1.54, 1.807) is 54.5 Å². The van der Waals surface area contributed by atoms with E-state index in [1.165, 1.54) is 25.2 Å². The number of fused-ring (bicyclic) bond motifs is 1. The molecule has 0 saturated carbocycles. The van der Waals surface area contributed by atoms with E-state index in [0.717, 1.165) is 11.1 Å². The fourth-order valence-electron chi connectivity index (χ4n) is 3.65. The van der Waals surface area contributed by atoms with Crippen molar-refractivity contribution >= 4 is 32.7 Å². The Morgan fingerprint density at radius 2 is 1.94 bits per heavy atom. The average molecular weight is 510 g/mol. The molecule has 0 atom stereocenters. The lowest BCUT2D eigenvalue weighted by Gasteiger charge is -2.11. The highest BCUT2D eigenvalue weighted by atomic mass is 32.2. The van der Waals surface area contributed by atoms with Gasteiger partial charge in [-0.1, -0.05) is 17.3 Å². The summed E-state index contributed by atoms with van der Waals surface area (Å²) in [6.45, 7) is 0.686. The van der Waals surface area contributed by atoms with Gasteiger partial charge < -0.3 is 18.9 Å². The van der Waals surface area contributed by atoms with Crippen molar-refractivity contribution in [3.8, 4) is 23.8 Å². The summed E-state index contributed by atoms with van der Waals surface area (Å²) in [4.78, 5) is 13.0. The minimum Gasteiger partial charge on any atom is -0.496 e. The van der Waals surface area contributed by atoms with Gasteiger partial charge in [0, 0.05) is 25.4 Å².